The summed E-state index contributed by atoms with van der Waals surface area (Å²) in [4.78, 5) is 2.00. The third kappa shape index (κ3) is 4.65. The highest BCUT2D eigenvalue weighted by atomic mass is 19.1. The highest BCUT2D eigenvalue weighted by Crippen LogP contribution is 2.17. The first-order chi connectivity index (χ1) is 8.69. The van der Waals surface area contributed by atoms with Crippen molar-refractivity contribution in [3.05, 3.63) is 30.1 Å². The molecular formula is C15H25FN2. The van der Waals surface area contributed by atoms with Gasteiger partial charge in [-0.3, -0.25) is 0 Å². The van der Waals surface area contributed by atoms with Crippen LogP contribution in [0.15, 0.2) is 24.3 Å². The summed E-state index contributed by atoms with van der Waals surface area (Å²) in [5, 5.41) is 3.53. The van der Waals surface area contributed by atoms with Crippen molar-refractivity contribution in [2.75, 3.05) is 25.0 Å². The van der Waals surface area contributed by atoms with Crippen molar-refractivity contribution in [3.63, 3.8) is 0 Å². The van der Waals surface area contributed by atoms with E-state index in [0.29, 0.717) is 11.7 Å². The molecule has 0 bridgehead atoms. The van der Waals surface area contributed by atoms with E-state index in [9.17, 15) is 4.39 Å². The van der Waals surface area contributed by atoms with Crippen molar-refractivity contribution in [3.8, 4) is 0 Å². The quantitative estimate of drug-likeness (QED) is 0.762. The number of para-hydroxylation sites is 1. The van der Waals surface area contributed by atoms with Crippen LogP contribution in [-0.2, 0) is 0 Å². The van der Waals surface area contributed by atoms with Crippen molar-refractivity contribution in [1.82, 2.24) is 5.32 Å². The van der Waals surface area contributed by atoms with E-state index in [1.807, 2.05) is 24.1 Å². The van der Waals surface area contributed by atoms with Gasteiger partial charge in [0.25, 0.3) is 0 Å². The molecule has 0 spiro atoms. The lowest BCUT2D eigenvalue weighted by Gasteiger charge is -2.26. The minimum atomic E-state index is -0.147. The number of nitrogens with zero attached hydrogens (tertiary/aromatic N) is 1. The predicted octanol–water partition coefficient (Wildman–Crippen LogP) is 3.43. The molecule has 1 aromatic rings. The van der Waals surface area contributed by atoms with E-state index in [-0.39, 0.29) is 5.82 Å². The number of rotatable bonds is 8. The first-order valence-electron chi connectivity index (χ1n) is 6.88. The Morgan fingerprint density at radius 1 is 1.22 bits per heavy atom. The molecule has 0 radical (unpaired) electrons. The van der Waals surface area contributed by atoms with Crippen LogP contribution in [-0.4, -0.2) is 26.2 Å². The molecule has 2 nitrogen and oxygen atoms in total. The molecule has 0 saturated heterocycles. The highest BCUT2D eigenvalue weighted by molar-refractivity contribution is 5.46. The number of benzene rings is 1. The standard InChI is InChI=1S/C15H25FN2/c1-4-8-13(17-11-5-2)12-18(3)15-10-7-6-9-14(15)16/h6-7,9-10,13,17H,4-5,8,11-12H2,1-3H3. The van der Waals surface area contributed by atoms with Gasteiger partial charge in [0, 0.05) is 19.6 Å². The number of anilines is 1. The second-order valence-corrected chi connectivity index (χ2v) is 4.77. The number of halogens is 1. The van der Waals surface area contributed by atoms with Crippen LogP contribution in [0, 0.1) is 5.82 Å². The summed E-state index contributed by atoms with van der Waals surface area (Å²) < 4.78 is 13.7. The molecule has 1 rings (SSSR count). The van der Waals surface area contributed by atoms with E-state index in [1.165, 1.54) is 6.07 Å². The molecule has 1 N–H and O–H groups in total. The molecule has 0 aliphatic carbocycles. The van der Waals surface area contributed by atoms with Crippen molar-refractivity contribution >= 4 is 5.69 Å². The summed E-state index contributed by atoms with van der Waals surface area (Å²) in [7, 11) is 1.95. The van der Waals surface area contributed by atoms with Crippen LogP contribution in [0.4, 0.5) is 10.1 Å². The molecule has 0 aliphatic rings. The third-order valence-electron chi connectivity index (χ3n) is 3.08. The summed E-state index contributed by atoms with van der Waals surface area (Å²) in [5.41, 5.74) is 0.678. The van der Waals surface area contributed by atoms with Gasteiger partial charge in [0.05, 0.1) is 5.69 Å². The molecule has 1 atom stereocenters. The van der Waals surface area contributed by atoms with Gasteiger partial charge in [0.15, 0.2) is 0 Å². The molecule has 1 aromatic carbocycles. The molecule has 0 fully saturated rings. The van der Waals surface area contributed by atoms with Gasteiger partial charge in [0.2, 0.25) is 0 Å². The molecule has 0 amide bonds. The lowest BCUT2D eigenvalue weighted by Crippen LogP contribution is -2.40. The highest BCUT2D eigenvalue weighted by Gasteiger charge is 2.12. The number of hydrogen-bond acceptors (Lipinski definition) is 2. The largest absolute Gasteiger partial charge is 0.371 e. The van der Waals surface area contributed by atoms with E-state index in [0.717, 1.165) is 32.4 Å². The summed E-state index contributed by atoms with van der Waals surface area (Å²) in [5.74, 6) is -0.147. The fourth-order valence-corrected chi connectivity index (χ4v) is 2.15. The maximum absolute atomic E-state index is 13.7. The first kappa shape index (κ1) is 15.0. The molecule has 3 heteroatoms. The molecule has 0 heterocycles. The second kappa shape index (κ2) is 8.09. The minimum Gasteiger partial charge on any atom is -0.371 e. The summed E-state index contributed by atoms with van der Waals surface area (Å²) in [6, 6.07) is 7.38. The van der Waals surface area contributed by atoms with Crippen LogP contribution in [0.2, 0.25) is 0 Å². The molecule has 1 unspecified atom stereocenters. The lowest BCUT2D eigenvalue weighted by molar-refractivity contribution is 0.473. The van der Waals surface area contributed by atoms with Crippen LogP contribution >= 0.6 is 0 Å². The number of likely N-dealkylation sites (N-methyl/N-ethyl adjacent to an activating group) is 1. The van der Waals surface area contributed by atoms with Gasteiger partial charge in [-0.15, -0.1) is 0 Å². The minimum absolute atomic E-state index is 0.147. The lowest BCUT2D eigenvalue weighted by atomic mass is 10.1. The fourth-order valence-electron chi connectivity index (χ4n) is 2.15. The van der Waals surface area contributed by atoms with E-state index < -0.39 is 0 Å². The Labute approximate surface area is 110 Å². The first-order valence-corrected chi connectivity index (χ1v) is 6.88. The van der Waals surface area contributed by atoms with Gasteiger partial charge in [-0.05, 0) is 31.5 Å². The van der Waals surface area contributed by atoms with E-state index in [1.54, 1.807) is 6.07 Å². The maximum atomic E-state index is 13.7. The zero-order valence-electron chi connectivity index (χ0n) is 11.7. The van der Waals surface area contributed by atoms with Gasteiger partial charge >= 0.3 is 0 Å². The Bertz CT molecular complexity index is 341. The number of nitrogens with one attached hydrogen (secondary N) is 1. The van der Waals surface area contributed by atoms with Gasteiger partial charge in [0.1, 0.15) is 5.82 Å². The average molecular weight is 252 g/mol. The van der Waals surface area contributed by atoms with Gasteiger partial charge in [-0.25, -0.2) is 4.39 Å². The van der Waals surface area contributed by atoms with E-state index >= 15 is 0 Å². The predicted molar refractivity (Wildman–Crippen MR) is 76.7 cm³/mol. The van der Waals surface area contributed by atoms with E-state index in [4.69, 9.17) is 0 Å². The van der Waals surface area contributed by atoms with Crippen molar-refractivity contribution in [2.45, 2.75) is 39.2 Å². The third-order valence-corrected chi connectivity index (χ3v) is 3.08. The van der Waals surface area contributed by atoms with E-state index in [2.05, 4.69) is 19.2 Å². The SMILES string of the molecule is CCCNC(CCC)CN(C)c1ccccc1F. The smallest absolute Gasteiger partial charge is 0.146 e. The summed E-state index contributed by atoms with van der Waals surface area (Å²) in [6.45, 7) is 6.21. The number of hydrogen-bond donors (Lipinski definition) is 1. The molecule has 0 aromatic heterocycles. The van der Waals surface area contributed by atoms with Gasteiger partial charge in [-0.2, -0.15) is 0 Å². The normalized spacial score (nSPS) is 12.4. The van der Waals surface area contributed by atoms with Gasteiger partial charge < -0.3 is 10.2 Å². The molecule has 0 aliphatic heterocycles. The Balaban J connectivity index is 2.60. The Morgan fingerprint density at radius 3 is 2.56 bits per heavy atom. The second-order valence-electron chi connectivity index (χ2n) is 4.77. The average Bonchev–Trinajstić information content (AvgIpc) is 2.36. The fraction of sp³-hybridized carbons (Fsp3) is 0.600. The maximum Gasteiger partial charge on any atom is 0.146 e. The van der Waals surface area contributed by atoms with Crippen molar-refractivity contribution in [1.29, 1.82) is 0 Å². The van der Waals surface area contributed by atoms with Crippen molar-refractivity contribution < 1.29 is 4.39 Å². The molecular weight excluding hydrogens is 227 g/mol. The van der Waals surface area contributed by atoms with Crippen LogP contribution in [0.25, 0.3) is 0 Å². The zero-order valence-corrected chi connectivity index (χ0v) is 11.7. The molecule has 102 valence electrons. The zero-order chi connectivity index (χ0) is 13.4. The van der Waals surface area contributed by atoms with Crippen molar-refractivity contribution in [2.24, 2.45) is 0 Å². The Morgan fingerprint density at radius 2 is 1.94 bits per heavy atom. The van der Waals surface area contributed by atoms with Crippen LogP contribution in [0.3, 0.4) is 0 Å². The van der Waals surface area contributed by atoms with Crippen LogP contribution in [0.5, 0.6) is 0 Å². The van der Waals surface area contributed by atoms with Gasteiger partial charge in [-0.1, -0.05) is 32.4 Å². The molecule has 0 saturated carbocycles. The van der Waals surface area contributed by atoms with Crippen LogP contribution < -0.4 is 10.2 Å². The Kier molecular flexibility index (Phi) is 6.73. The molecule has 18 heavy (non-hydrogen) atoms. The monoisotopic (exact) mass is 252 g/mol. The Hall–Kier alpha value is -1.09. The topological polar surface area (TPSA) is 15.3 Å². The van der Waals surface area contributed by atoms with Crippen LogP contribution in [0.1, 0.15) is 33.1 Å². The summed E-state index contributed by atoms with van der Waals surface area (Å²) >= 11 is 0. The summed E-state index contributed by atoms with van der Waals surface area (Å²) in [6.07, 6.45) is 3.40.